The van der Waals surface area contributed by atoms with Gasteiger partial charge < -0.3 is 14.8 Å². The molecule has 7 heteroatoms. The predicted molar refractivity (Wildman–Crippen MR) is 112 cm³/mol. The van der Waals surface area contributed by atoms with Crippen molar-refractivity contribution in [3.63, 3.8) is 0 Å². The number of hydrogen-bond donors (Lipinski definition) is 1. The number of carbonyl (C=O) groups is 1. The molecule has 0 atom stereocenters. The van der Waals surface area contributed by atoms with Crippen molar-refractivity contribution in [2.45, 2.75) is 0 Å². The van der Waals surface area contributed by atoms with E-state index < -0.39 is 0 Å². The standard InChI is InChI=1S/C21H19N3O3S/c1-24-21-17(19(23-24)13-6-4-8-15(10-13)26-2)12-18(28-21)20(25)22-14-7-5-9-16(11-14)27-3/h4-12H,1-3H3,(H,22,25). The summed E-state index contributed by atoms with van der Waals surface area (Å²) in [6, 6.07) is 16.9. The van der Waals surface area contributed by atoms with E-state index in [0.29, 0.717) is 16.3 Å². The van der Waals surface area contributed by atoms with E-state index in [0.717, 1.165) is 27.2 Å². The molecule has 6 nitrogen and oxygen atoms in total. The summed E-state index contributed by atoms with van der Waals surface area (Å²) < 4.78 is 12.3. The number of nitrogens with one attached hydrogen (secondary N) is 1. The van der Waals surface area contributed by atoms with Crippen LogP contribution in [0.1, 0.15) is 9.67 Å². The van der Waals surface area contributed by atoms with Gasteiger partial charge in [-0.3, -0.25) is 9.48 Å². The molecule has 0 spiro atoms. The van der Waals surface area contributed by atoms with Gasteiger partial charge in [-0.2, -0.15) is 5.10 Å². The van der Waals surface area contributed by atoms with Crippen LogP contribution in [0.5, 0.6) is 11.5 Å². The number of aryl methyl sites for hydroxylation is 1. The lowest BCUT2D eigenvalue weighted by Gasteiger charge is -2.05. The van der Waals surface area contributed by atoms with Crippen LogP contribution in [-0.2, 0) is 7.05 Å². The van der Waals surface area contributed by atoms with E-state index in [1.165, 1.54) is 11.3 Å². The van der Waals surface area contributed by atoms with Crippen molar-refractivity contribution in [2.24, 2.45) is 7.05 Å². The summed E-state index contributed by atoms with van der Waals surface area (Å²) >= 11 is 1.41. The quantitative estimate of drug-likeness (QED) is 0.539. The maximum Gasteiger partial charge on any atom is 0.265 e. The zero-order valence-corrected chi connectivity index (χ0v) is 16.5. The highest BCUT2D eigenvalue weighted by Gasteiger charge is 2.18. The Morgan fingerprint density at radius 3 is 2.50 bits per heavy atom. The van der Waals surface area contributed by atoms with Gasteiger partial charge in [-0.05, 0) is 30.3 Å². The smallest absolute Gasteiger partial charge is 0.265 e. The molecule has 2 aromatic carbocycles. The number of ether oxygens (including phenoxy) is 2. The van der Waals surface area contributed by atoms with Gasteiger partial charge in [0.05, 0.1) is 19.1 Å². The highest BCUT2D eigenvalue weighted by Crippen LogP contribution is 2.35. The Bertz CT molecular complexity index is 1160. The molecule has 0 aliphatic carbocycles. The minimum atomic E-state index is -0.161. The molecule has 2 heterocycles. The summed E-state index contributed by atoms with van der Waals surface area (Å²) in [5.41, 5.74) is 2.46. The number of rotatable bonds is 5. The number of fused-ring (bicyclic) bond motifs is 1. The lowest BCUT2D eigenvalue weighted by Crippen LogP contribution is -2.10. The van der Waals surface area contributed by atoms with Crippen LogP contribution in [0.2, 0.25) is 0 Å². The molecule has 0 fully saturated rings. The molecule has 0 aliphatic rings. The number of nitrogens with zero attached hydrogens (tertiary/aromatic N) is 2. The third kappa shape index (κ3) is 3.32. The molecule has 0 aliphatic heterocycles. The molecule has 28 heavy (non-hydrogen) atoms. The third-order valence-electron chi connectivity index (χ3n) is 4.41. The van der Waals surface area contributed by atoms with Crippen molar-refractivity contribution in [1.29, 1.82) is 0 Å². The Kier molecular flexibility index (Phi) is 4.75. The van der Waals surface area contributed by atoms with Crippen molar-refractivity contribution in [3.05, 3.63) is 59.5 Å². The SMILES string of the molecule is COc1cccc(NC(=O)c2cc3c(-c4cccc(OC)c4)nn(C)c3s2)c1. The average Bonchev–Trinajstić information content (AvgIpc) is 3.29. The zero-order valence-electron chi connectivity index (χ0n) is 15.7. The first-order chi connectivity index (χ1) is 13.6. The summed E-state index contributed by atoms with van der Waals surface area (Å²) in [4.78, 5) is 14.3. The van der Waals surface area contributed by atoms with Gasteiger partial charge in [-0.25, -0.2) is 0 Å². The molecule has 1 amide bonds. The van der Waals surface area contributed by atoms with Gasteiger partial charge in [0, 0.05) is 29.8 Å². The van der Waals surface area contributed by atoms with Crippen molar-refractivity contribution >= 4 is 33.1 Å². The Labute approximate surface area is 166 Å². The van der Waals surface area contributed by atoms with E-state index in [-0.39, 0.29) is 5.91 Å². The van der Waals surface area contributed by atoms with E-state index >= 15 is 0 Å². The molecule has 0 unspecified atom stereocenters. The first kappa shape index (κ1) is 18.1. The average molecular weight is 393 g/mol. The van der Waals surface area contributed by atoms with Gasteiger partial charge in [-0.15, -0.1) is 11.3 Å². The topological polar surface area (TPSA) is 65.4 Å². The van der Waals surface area contributed by atoms with Crippen LogP contribution in [-0.4, -0.2) is 29.9 Å². The number of aromatic nitrogens is 2. The molecule has 0 bridgehead atoms. The van der Waals surface area contributed by atoms with E-state index in [2.05, 4.69) is 10.4 Å². The van der Waals surface area contributed by atoms with Gasteiger partial charge >= 0.3 is 0 Å². The Morgan fingerprint density at radius 2 is 1.75 bits per heavy atom. The van der Waals surface area contributed by atoms with Gasteiger partial charge in [0.25, 0.3) is 5.91 Å². The van der Waals surface area contributed by atoms with Gasteiger partial charge in [0.2, 0.25) is 0 Å². The van der Waals surface area contributed by atoms with Crippen LogP contribution in [0.4, 0.5) is 5.69 Å². The highest BCUT2D eigenvalue weighted by atomic mass is 32.1. The summed E-state index contributed by atoms with van der Waals surface area (Å²) in [6.07, 6.45) is 0. The number of amides is 1. The molecule has 4 aromatic rings. The fourth-order valence-electron chi connectivity index (χ4n) is 3.03. The summed E-state index contributed by atoms with van der Waals surface area (Å²) in [5, 5.41) is 8.49. The van der Waals surface area contributed by atoms with Crippen molar-refractivity contribution < 1.29 is 14.3 Å². The molecule has 2 aromatic heterocycles. The van der Waals surface area contributed by atoms with Crippen LogP contribution in [0.3, 0.4) is 0 Å². The van der Waals surface area contributed by atoms with Crippen LogP contribution in [0.25, 0.3) is 21.5 Å². The number of thiophene rings is 1. The molecule has 0 radical (unpaired) electrons. The zero-order chi connectivity index (χ0) is 19.7. The third-order valence-corrected chi connectivity index (χ3v) is 5.61. The number of anilines is 1. The first-order valence-corrected chi connectivity index (χ1v) is 9.47. The lowest BCUT2D eigenvalue weighted by molar-refractivity contribution is 0.103. The summed E-state index contributed by atoms with van der Waals surface area (Å²) in [6.45, 7) is 0. The van der Waals surface area contributed by atoms with Crippen LogP contribution >= 0.6 is 11.3 Å². The van der Waals surface area contributed by atoms with Gasteiger partial charge in [-0.1, -0.05) is 18.2 Å². The minimum absolute atomic E-state index is 0.161. The second kappa shape index (κ2) is 7.36. The lowest BCUT2D eigenvalue weighted by atomic mass is 10.1. The fraction of sp³-hybridized carbons (Fsp3) is 0.143. The first-order valence-electron chi connectivity index (χ1n) is 8.65. The monoisotopic (exact) mass is 393 g/mol. The molecular formula is C21H19N3O3S. The second-order valence-electron chi connectivity index (χ2n) is 6.22. The maximum atomic E-state index is 12.7. The van der Waals surface area contributed by atoms with E-state index in [9.17, 15) is 4.79 Å². The van der Waals surface area contributed by atoms with E-state index in [4.69, 9.17) is 9.47 Å². The molecule has 0 saturated heterocycles. The van der Waals surface area contributed by atoms with Crippen molar-refractivity contribution in [3.8, 4) is 22.8 Å². The largest absolute Gasteiger partial charge is 0.497 e. The van der Waals surface area contributed by atoms with Gasteiger partial charge in [0.15, 0.2) is 0 Å². The summed E-state index contributed by atoms with van der Waals surface area (Å²) in [5.74, 6) is 1.30. The van der Waals surface area contributed by atoms with Crippen LogP contribution < -0.4 is 14.8 Å². The number of benzene rings is 2. The summed E-state index contributed by atoms with van der Waals surface area (Å²) in [7, 11) is 5.12. The molecule has 0 saturated carbocycles. The Hall–Kier alpha value is -3.32. The number of methoxy groups -OCH3 is 2. The molecule has 4 rings (SSSR count). The van der Waals surface area contributed by atoms with E-state index in [1.807, 2.05) is 55.6 Å². The molecule has 142 valence electrons. The van der Waals surface area contributed by atoms with Crippen molar-refractivity contribution in [2.75, 3.05) is 19.5 Å². The van der Waals surface area contributed by atoms with E-state index in [1.54, 1.807) is 25.0 Å². The van der Waals surface area contributed by atoms with Gasteiger partial charge in [0.1, 0.15) is 22.0 Å². The van der Waals surface area contributed by atoms with Crippen LogP contribution in [0, 0.1) is 0 Å². The number of carbonyl (C=O) groups excluding carboxylic acids is 1. The normalized spacial score (nSPS) is 10.8. The fourth-order valence-corrected chi connectivity index (χ4v) is 4.00. The minimum Gasteiger partial charge on any atom is -0.497 e. The Morgan fingerprint density at radius 1 is 1.04 bits per heavy atom. The Balaban J connectivity index is 1.68. The molecule has 1 N–H and O–H groups in total. The second-order valence-corrected chi connectivity index (χ2v) is 7.25. The number of hydrogen-bond acceptors (Lipinski definition) is 5. The van der Waals surface area contributed by atoms with Crippen LogP contribution in [0.15, 0.2) is 54.6 Å². The highest BCUT2D eigenvalue weighted by molar-refractivity contribution is 7.20. The predicted octanol–water partition coefficient (Wildman–Crippen LogP) is 4.57. The maximum absolute atomic E-state index is 12.7. The molecular weight excluding hydrogens is 374 g/mol. The van der Waals surface area contributed by atoms with Crippen molar-refractivity contribution in [1.82, 2.24) is 9.78 Å².